The SMILES string of the molecule is CCCn1c(N)c(C(=O)CN2CCN(CC(=O)Nc3ccc(C)cc3)CC2)c(=O)n(C)c1=O. The van der Waals surface area contributed by atoms with Gasteiger partial charge < -0.3 is 11.1 Å². The number of anilines is 2. The van der Waals surface area contributed by atoms with Crippen molar-refractivity contribution in [1.82, 2.24) is 18.9 Å². The van der Waals surface area contributed by atoms with E-state index in [2.05, 4.69) is 5.32 Å². The number of nitrogens with two attached hydrogens (primary N) is 1. The Hall–Kier alpha value is -3.24. The number of carbonyl (C=O) groups excluding carboxylic acids is 2. The lowest BCUT2D eigenvalue weighted by molar-refractivity contribution is -0.117. The summed E-state index contributed by atoms with van der Waals surface area (Å²) in [4.78, 5) is 54.1. The number of amides is 1. The van der Waals surface area contributed by atoms with Crippen molar-refractivity contribution < 1.29 is 9.59 Å². The Morgan fingerprint density at radius 2 is 1.58 bits per heavy atom. The van der Waals surface area contributed by atoms with E-state index in [-0.39, 0.29) is 30.4 Å². The van der Waals surface area contributed by atoms with E-state index in [9.17, 15) is 19.2 Å². The first-order chi connectivity index (χ1) is 15.7. The molecule has 2 aromatic rings. The lowest BCUT2D eigenvalue weighted by Crippen LogP contribution is -2.50. The molecular formula is C23H32N6O4. The number of Topliss-reactive ketones (excluding diaryl/α,β-unsaturated/α-hetero) is 1. The number of aromatic nitrogens is 2. The molecule has 1 saturated heterocycles. The van der Waals surface area contributed by atoms with Crippen molar-refractivity contribution in [2.45, 2.75) is 26.8 Å². The normalized spacial score (nSPS) is 14.9. The van der Waals surface area contributed by atoms with E-state index in [4.69, 9.17) is 5.73 Å². The summed E-state index contributed by atoms with van der Waals surface area (Å²) in [6, 6.07) is 7.63. The standard InChI is InChI=1S/C23H32N6O4/c1-4-9-29-21(24)20(22(32)26(3)23(29)33)18(30)14-27-10-12-28(13-11-27)15-19(31)25-17-7-5-16(2)6-8-17/h5-8H,4,9-15,24H2,1-3H3,(H,25,31). The molecule has 10 nitrogen and oxygen atoms in total. The summed E-state index contributed by atoms with van der Waals surface area (Å²) in [6.07, 6.45) is 0.648. The first kappa shape index (κ1) is 24.4. The van der Waals surface area contributed by atoms with Gasteiger partial charge in [-0.1, -0.05) is 24.6 Å². The number of nitrogens with one attached hydrogen (secondary N) is 1. The molecule has 0 aliphatic carbocycles. The average Bonchev–Trinajstić information content (AvgIpc) is 2.78. The summed E-state index contributed by atoms with van der Waals surface area (Å²) in [6.45, 7) is 6.93. The lowest BCUT2D eigenvalue weighted by atomic mass is 10.1. The molecule has 0 unspecified atom stereocenters. The monoisotopic (exact) mass is 456 g/mol. The minimum absolute atomic E-state index is 0.0349. The highest BCUT2D eigenvalue weighted by atomic mass is 16.2. The summed E-state index contributed by atoms with van der Waals surface area (Å²) >= 11 is 0. The molecule has 0 radical (unpaired) electrons. The fourth-order valence-corrected chi connectivity index (χ4v) is 3.91. The van der Waals surface area contributed by atoms with E-state index in [0.717, 1.165) is 15.8 Å². The maximum absolute atomic E-state index is 12.9. The largest absolute Gasteiger partial charge is 0.384 e. The third-order valence-electron chi connectivity index (χ3n) is 5.84. The van der Waals surface area contributed by atoms with Crippen molar-refractivity contribution in [3.05, 3.63) is 56.2 Å². The van der Waals surface area contributed by atoms with Crippen LogP contribution in [0.15, 0.2) is 33.9 Å². The van der Waals surface area contributed by atoms with Crippen LogP contribution >= 0.6 is 0 Å². The zero-order valence-electron chi connectivity index (χ0n) is 19.5. The molecule has 0 spiro atoms. The van der Waals surface area contributed by atoms with Crippen molar-refractivity contribution in [2.24, 2.45) is 7.05 Å². The number of ketones is 1. The van der Waals surface area contributed by atoms with Crippen LogP contribution in [0, 0.1) is 6.92 Å². The first-order valence-electron chi connectivity index (χ1n) is 11.1. The molecule has 1 aliphatic heterocycles. The maximum Gasteiger partial charge on any atom is 0.332 e. The number of hydrogen-bond donors (Lipinski definition) is 2. The molecule has 1 aromatic heterocycles. The third-order valence-corrected chi connectivity index (χ3v) is 5.84. The smallest absolute Gasteiger partial charge is 0.332 e. The summed E-state index contributed by atoms with van der Waals surface area (Å²) < 4.78 is 2.21. The second-order valence-electron chi connectivity index (χ2n) is 8.45. The molecule has 2 heterocycles. The Morgan fingerprint density at radius 3 is 2.15 bits per heavy atom. The molecule has 10 heteroatoms. The van der Waals surface area contributed by atoms with Crippen LogP contribution in [0.4, 0.5) is 11.5 Å². The number of rotatable bonds is 8. The predicted molar refractivity (Wildman–Crippen MR) is 128 cm³/mol. The maximum atomic E-state index is 12.9. The van der Waals surface area contributed by atoms with Gasteiger partial charge in [0, 0.05) is 45.5 Å². The number of piperazine rings is 1. The minimum atomic E-state index is -0.665. The van der Waals surface area contributed by atoms with Crippen LogP contribution in [0.3, 0.4) is 0 Å². The van der Waals surface area contributed by atoms with Gasteiger partial charge in [-0.05, 0) is 25.5 Å². The molecule has 3 N–H and O–H groups in total. The van der Waals surface area contributed by atoms with E-state index in [1.165, 1.54) is 11.6 Å². The van der Waals surface area contributed by atoms with Gasteiger partial charge in [0.15, 0.2) is 5.78 Å². The molecule has 3 rings (SSSR count). The van der Waals surface area contributed by atoms with Gasteiger partial charge >= 0.3 is 5.69 Å². The van der Waals surface area contributed by atoms with E-state index >= 15 is 0 Å². The van der Waals surface area contributed by atoms with Crippen LogP contribution in [-0.2, 0) is 18.4 Å². The first-order valence-corrected chi connectivity index (χ1v) is 11.1. The molecule has 0 bridgehead atoms. The van der Waals surface area contributed by atoms with E-state index < -0.39 is 17.0 Å². The Bertz CT molecular complexity index is 1130. The van der Waals surface area contributed by atoms with Crippen molar-refractivity contribution in [1.29, 1.82) is 0 Å². The minimum Gasteiger partial charge on any atom is -0.384 e. The Morgan fingerprint density at radius 1 is 1.00 bits per heavy atom. The summed E-state index contributed by atoms with van der Waals surface area (Å²) in [5.74, 6) is -0.553. The fourth-order valence-electron chi connectivity index (χ4n) is 3.91. The molecule has 178 valence electrons. The molecule has 0 atom stereocenters. The van der Waals surface area contributed by atoms with Crippen LogP contribution in [0.25, 0.3) is 0 Å². The topological polar surface area (TPSA) is 123 Å². The van der Waals surface area contributed by atoms with E-state index in [0.29, 0.717) is 39.1 Å². The molecule has 1 fully saturated rings. The molecule has 1 aromatic carbocycles. The highest BCUT2D eigenvalue weighted by Gasteiger charge is 2.25. The van der Waals surface area contributed by atoms with Gasteiger partial charge in [0.2, 0.25) is 5.91 Å². The van der Waals surface area contributed by atoms with E-state index in [1.807, 2.05) is 47.9 Å². The Balaban J connectivity index is 1.57. The second-order valence-corrected chi connectivity index (χ2v) is 8.45. The third kappa shape index (κ3) is 5.77. The van der Waals surface area contributed by atoms with Crippen molar-refractivity contribution in [3.63, 3.8) is 0 Å². The number of hydrogen-bond acceptors (Lipinski definition) is 7. The lowest BCUT2D eigenvalue weighted by Gasteiger charge is -2.33. The van der Waals surface area contributed by atoms with Gasteiger partial charge in [-0.25, -0.2) is 4.79 Å². The van der Waals surface area contributed by atoms with Crippen LogP contribution < -0.4 is 22.3 Å². The van der Waals surface area contributed by atoms with Crippen LogP contribution in [-0.4, -0.2) is 69.9 Å². The Kier molecular flexibility index (Phi) is 7.83. The molecule has 1 aliphatic rings. The highest BCUT2D eigenvalue weighted by molar-refractivity contribution is 6.01. The van der Waals surface area contributed by atoms with Crippen molar-refractivity contribution >= 4 is 23.2 Å². The van der Waals surface area contributed by atoms with Crippen LogP contribution in [0.1, 0.15) is 29.3 Å². The molecular weight excluding hydrogens is 424 g/mol. The fraction of sp³-hybridized carbons (Fsp3) is 0.478. The molecule has 1 amide bonds. The van der Waals surface area contributed by atoms with Gasteiger partial charge in [-0.15, -0.1) is 0 Å². The van der Waals surface area contributed by atoms with Crippen LogP contribution in [0.2, 0.25) is 0 Å². The number of aryl methyl sites for hydroxylation is 1. The predicted octanol–water partition coefficient (Wildman–Crippen LogP) is 0.287. The van der Waals surface area contributed by atoms with Gasteiger partial charge in [-0.3, -0.25) is 33.3 Å². The zero-order chi connectivity index (χ0) is 24.1. The average molecular weight is 457 g/mol. The molecule has 0 saturated carbocycles. The van der Waals surface area contributed by atoms with E-state index in [1.54, 1.807) is 0 Å². The second kappa shape index (κ2) is 10.6. The van der Waals surface area contributed by atoms with Crippen LogP contribution in [0.5, 0.6) is 0 Å². The Labute approximate surface area is 192 Å². The number of carbonyl (C=O) groups is 2. The highest BCUT2D eigenvalue weighted by Crippen LogP contribution is 2.11. The van der Waals surface area contributed by atoms with Gasteiger partial charge in [-0.2, -0.15) is 0 Å². The van der Waals surface area contributed by atoms with Gasteiger partial charge in [0.05, 0.1) is 13.1 Å². The number of nitrogens with zero attached hydrogens (tertiary/aromatic N) is 4. The van der Waals surface area contributed by atoms with Crippen molar-refractivity contribution in [2.75, 3.05) is 50.3 Å². The quantitative estimate of drug-likeness (QED) is 0.547. The summed E-state index contributed by atoms with van der Waals surface area (Å²) in [7, 11) is 1.35. The van der Waals surface area contributed by atoms with Crippen molar-refractivity contribution in [3.8, 4) is 0 Å². The summed E-state index contributed by atoms with van der Waals surface area (Å²) in [5, 5.41) is 2.89. The summed E-state index contributed by atoms with van der Waals surface area (Å²) in [5.41, 5.74) is 6.62. The number of benzene rings is 1. The van der Waals surface area contributed by atoms with Gasteiger partial charge in [0.1, 0.15) is 11.4 Å². The van der Waals surface area contributed by atoms with Gasteiger partial charge in [0.25, 0.3) is 5.56 Å². The number of nitrogen functional groups attached to an aromatic ring is 1. The zero-order valence-corrected chi connectivity index (χ0v) is 19.5. The molecule has 33 heavy (non-hydrogen) atoms.